The molecule has 1 heterocycles. The van der Waals surface area contributed by atoms with E-state index < -0.39 is 0 Å². The van der Waals surface area contributed by atoms with Crippen molar-refractivity contribution in [2.45, 2.75) is 20.3 Å². The average molecular weight is 278 g/mol. The van der Waals surface area contributed by atoms with Crippen molar-refractivity contribution in [2.24, 2.45) is 0 Å². The highest BCUT2D eigenvalue weighted by Crippen LogP contribution is 2.48. The Morgan fingerprint density at radius 1 is 0.650 bits per heavy atom. The van der Waals surface area contributed by atoms with Crippen molar-refractivity contribution in [3.05, 3.63) is 82.9 Å². The van der Waals surface area contributed by atoms with E-state index in [-0.39, 0.29) is 0 Å². The zero-order valence-corrected chi connectivity index (χ0v) is 12.7. The van der Waals surface area contributed by atoms with E-state index in [9.17, 15) is 0 Å². The first-order valence-electron chi connectivity index (χ1n) is 6.94. The normalized spacial score (nSPS) is 15.7. The van der Waals surface area contributed by atoms with Crippen molar-refractivity contribution in [2.75, 3.05) is 0 Å². The zero-order valence-electron chi connectivity index (χ0n) is 11.9. The molecule has 0 amide bonds. The monoisotopic (exact) mass is 278 g/mol. The van der Waals surface area contributed by atoms with Gasteiger partial charge in [0, 0.05) is 9.81 Å². The first-order valence-corrected chi connectivity index (χ1v) is 7.75. The van der Waals surface area contributed by atoms with Crippen LogP contribution in [-0.4, -0.2) is 0 Å². The molecule has 0 bridgehead atoms. The predicted molar refractivity (Wildman–Crippen MR) is 90.3 cm³/mol. The Morgan fingerprint density at radius 2 is 1.05 bits per heavy atom. The molecule has 1 aliphatic rings. The summed E-state index contributed by atoms with van der Waals surface area (Å²) in [7, 11) is 0. The van der Waals surface area contributed by atoms with Gasteiger partial charge in [-0.2, -0.15) is 0 Å². The standard InChI is InChI=1S/C19H18S/c1-14-13-15(2)19(17-11-7-4-8-12-17)20-18(14)16-9-5-3-6-10-16/h3-12H,13H2,1-2H3. The summed E-state index contributed by atoms with van der Waals surface area (Å²) in [5.41, 5.74) is 5.60. The minimum Gasteiger partial charge on any atom is -0.0889 e. The summed E-state index contributed by atoms with van der Waals surface area (Å²) in [4.78, 5) is 2.82. The van der Waals surface area contributed by atoms with Gasteiger partial charge in [0.1, 0.15) is 0 Å². The molecule has 0 atom stereocenters. The molecule has 0 aliphatic carbocycles. The second-order valence-electron chi connectivity index (χ2n) is 5.23. The molecule has 0 spiro atoms. The molecule has 0 unspecified atom stereocenters. The van der Waals surface area contributed by atoms with Gasteiger partial charge in [0.05, 0.1) is 0 Å². The average Bonchev–Trinajstić information content (AvgIpc) is 2.49. The van der Waals surface area contributed by atoms with Crippen LogP contribution in [0.5, 0.6) is 0 Å². The third-order valence-electron chi connectivity index (χ3n) is 3.58. The molecule has 0 N–H and O–H groups in total. The lowest BCUT2D eigenvalue weighted by Crippen LogP contribution is -1.97. The van der Waals surface area contributed by atoms with Crippen LogP contribution in [0.15, 0.2) is 71.8 Å². The zero-order chi connectivity index (χ0) is 13.9. The van der Waals surface area contributed by atoms with Crippen LogP contribution in [0.4, 0.5) is 0 Å². The molecule has 0 saturated carbocycles. The molecule has 2 aromatic carbocycles. The third kappa shape index (κ3) is 2.59. The van der Waals surface area contributed by atoms with Crippen LogP contribution in [0.2, 0.25) is 0 Å². The molecule has 0 nitrogen and oxygen atoms in total. The van der Waals surface area contributed by atoms with E-state index in [4.69, 9.17) is 0 Å². The third-order valence-corrected chi connectivity index (χ3v) is 5.16. The fourth-order valence-electron chi connectivity index (χ4n) is 2.62. The maximum atomic E-state index is 2.25. The number of thioether (sulfide) groups is 1. The summed E-state index contributed by atoms with van der Waals surface area (Å²) in [6.07, 6.45) is 1.07. The van der Waals surface area contributed by atoms with Crippen LogP contribution in [0.3, 0.4) is 0 Å². The number of hydrogen-bond acceptors (Lipinski definition) is 1. The molecule has 20 heavy (non-hydrogen) atoms. The minimum atomic E-state index is 1.07. The minimum absolute atomic E-state index is 1.07. The highest BCUT2D eigenvalue weighted by molar-refractivity contribution is 8.16. The molecule has 100 valence electrons. The van der Waals surface area contributed by atoms with Crippen LogP contribution in [0.1, 0.15) is 31.4 Å². The van der Waals surface area contributed by atoms with Crippen molar-refractivity contribution in [3.63, 3.8) is 0 Å². The summed E-state index contributed by atoms with van der Waals surface area (Å²) in [6, 6.07) is 21.4. The van der Waals surface area contributed by atoms with E-state index in [1.165, 1.54) is 32.1 Å². The maximum absolute atomic E-state index is 2.25. The lowest BCUT2D eigenvalue weighted by molar-refractivity contribution is 1.12. The lowest BCUT2D eigenvalue weighted by atomic mass is 10.0. The van der Waals surface area contributed by atoms with E-state index in [0.29, 0.717) is 0 Å². The van der Waals surface area contributed by atoms with Crippen LogP contribution < -0.4 is 0 Å². The van der Waals surface area contributed by atoms with Gasteiger partial charge in [0.2, 0.25) is 0 Å². The van der Waals surface area contributed by atoms with Gasteiger partial charge in [0.25, 0.3) is 0 Å². The smallest absolute Gasteiger partial charge is 0.0187 e. The Hall–Kier alpha value is -1.73. The van der Waals surface area contributed by atoms with Crippen molar-refractivity contribution in [1.29, 1.82) is 0 Å². The molecular weight excluding hydrogens is 260 g/mol. The first kappa shape index (κ1) is 13.3. The van der Waals surface area contributed by atoms with E-state index in [1.54, 1.807) is 0 Å². The molecular formula is C19H18S. The van der Waals surface area contributed by atoms with Gasteiger partial charge >= 0.3 is 0 Å². The van der Waals surface area contributed by atoms with E-state index in [2.05, 4.69) is 74.5 Å². The van der Waals surface area contributed by atoms with Gasteiger partial charge in [-0.05, 0) is 31.4 Å². The largest absolute Gasteiger partial charge is 0.0889 e. The first-order chi connectivity index (χ1) is 9.75. The summed E-state index contributed by atoms with van der Waals surface area (Å²) in [6.45, 7) is 4.50. The Balaban J connectivity index is 1.99. The van der Waals surface area contributed by atoms with Crippen LogP contribution in [-0.2, 0) is 0 Å². The number of benzene rings is 2. The molecule has 1 aliphatic heterocycles. The molecule has 2 aromatic rings. The summed E-state index contributed by atoms with van der Waals surface area (Å²) in [5, 5.41) is 0. The molecule has 0 aromatic heterocycles. The Labute approximate surface area is 125 Å². The highest BCUT2D eigenvalue weighted by atomic mass is 32.2. The second kappa shape index (κ2) is 5.72. The Kier molecular flexibility index (Phi) is 3.79. The van der Waals surface area contributed by atoms with Crippen molar-refractivity contribution < 1.29 is 0 Å². The number of hydrogen-bond donors (Lipinski definition) is 0. The quantitative estimate of drug-likeness (QED) is 0.650. The van der Waals surface area contributed by atoms with Gasteiger partial charge in [-0.3, -0.25) is 0 Å². The molecule has 1 heteroatoms. The number of allylic oxidation sites excluding steroid dienone is 2. The molecule has 0 radical (unpaired) electrons. The van der Waals surface area contributed by atoms with E-state index in [1.807, 2.05) is 11.8 Å². The number of rotatable bonds is 2. The van der Waals surface area contributed by atoms with Crippen LogP contribution in [0.25, 0.3) is 9.81 Å². The van der Waals surface area contributed by atoms with E-state index >= 15 is 0 Å². The molecule has 0 fully saturated rings. The SMILES string of the molecule is CC1=C(c2ccccc2)SC(c2ccccc2)=C(C)C1. The fraction of sp³-hybridized carbons (Fsp3) is 0.158. The van der Waals surface area contributed by atoms with Gasteiger partial charge in [-0.25, -0.2) is 0 Å². The van der Waals surface area contributed by atoms with Crippen molar-refractivity contribution in [3.8, 4) is 0 Å². The molecule has 0 saturated heterocycles. The fourth-order valence-corrected chi connectivity index (χ4v) is 3.83. The highest BCUT2D eigenvalue weighted by Gasteiger charge is 2.18. The molecule has 3 rings (SSSR count). The maximum Gasteiger partial charge on any atom is 0.0187 e. The van der Waals surface area contributed by atoms with Crippen molar-refractivity contribution >= 4 is 21.6 Å². The summed E-state index contributed by atoms with van der Waals surface area (Å²) < 4.78 is 0. The Morgan fingerprint density at radius 3 is 1.45 bits per heavy atom. The summed E-state index contributed by atoms with van der Waals surface area (Å²) >= 11 is 1.91. The van der Waals surface area contributed by atoms with Crippen molar-refractivity contribution in [1.82, 2.24) is 0 Å². The lowest BCUT2D eigenvalue weighted by Gasteiger charge is -2.22. The van der Waals surface area contributed by atoms with Gasteiger partial charge < -0.3 is 0 Å². The van der Waals surface area contributed by atoms with Gasteiger partial charge in [-0.15, -0.1) is 0 Å². The van der Waals surface area contributed by atoms with Gasteiger partial charge in [0.15, 0.2) is 0 Å². The van der Waals surface area contributed by atoms with Crippen LogP contribution >= 0.6 is 11.8 Å². The summed E-state index contributed by atoms with van der Waals surface area (Å²) in [5.74, 6) is 0. The Bertz CT molecular complexity index is 604. The van der Waals surface area contributed by atoms with E-state index in [0.717, 1.165) is 6.42 Å². The topological polar surface area (TPSA) is 0 Å². The van der Waals surface area contributed by atoms with Gasteiger partial charge in [-0.1, -0.05) is 83.6 Å². The van der Waals surface area contributed by atoms with Crippen LogP contribution in [0, 0.1) is 0 Å². The second-order valence-corrected chi connectivity index (χ2v) is 6.25. The predicted octanol–water partition coefficient (Wildman–Crippen LogP) is 5.99.